The van der Waals surface area contributed by atoms with E-state index in [0.717, 1.165) is 34.3 Å². The van der Waals surface area contributed by atoms with Gasteiger partial charge in [-0.2, -0.15) is 11.8 Å². The molecule has 0 unspecified atom stereocenters. The Kier molecular flexibility index (Phi) is 7.69. The second-order valence-electron chi connectivity index (χ2n) is 5.55. The van der Waals surface area contributed by atoms with Crippen LogP contribution < -0.4 is 10.6 Å². The number of hydrogen-bond acceptors (Lipinski definition) is 2. The highest BCUT2D eigenvalue weighted by Crippen LogP contribution is 2.24. The van der Waals surface area contributed by atoms with Crippen LogP contribution in [0.25, 0.3) is 0 Å². The summed E-state index contributed by atoms with van der Waals surface area (Å²) in [6, 6.07) is 11.9. The predicted octanol–water partition coefficient (Wildman–Crippen LogP) is 5.83. The molecule has 0 aliphatic carbocycles. The first kappa shape index (κ1) is 19.4. The Hall–Kier alpha value is -0.940. The van der Waals surface area contributed by atoms with Gasteiger partial charge in [-0.15, -0.1) is 0 Å². The zero-order valence-corrected chi connectivity index (χ0v) is 16.8. The minimum atomic E-state index is 0.644. The second kappa shape index (κ2) is 9.52. The van der Waals surface area contributed by atoms with Crippen molar-refractivity contribution >= 4 is 58.0 Å². The van der Waals surface area contributed by atoms with Crippen molar-refractivity contribution < 1.29 is 0 Å². The Bertz CT molecular complexity index is 700. The van der Waals surface area contributed by atoms with E-state index in [9.17, 15) is 0 Å². The van der Waals surface area contributed by atoms with Gasteiger partial charge in [-0.1, -0.05) is 35.3 Å². The fourth-order valence-corrected chi connectivity index (χ4v) is 3.92. The Balaban J connectivity index is 1.69. The smallest absolute Gasteiger partial charge is 0.170 e. The number of rotatable bonds is 6. The second-order valence-corrected chi connectivity index (χ2v) is 7.90. The lowest BCUT2D eigenvalue weighted by Crippen LogP contribution is -2.30. The third-order valence-corrected chi connectivity index (χ3v) is 5.13. The predicted molar refractivity (Wildman–Crippen MR) is 113 cm³/mol. The van der Waals surface area contributed by atoms with Gasteiger partial charge in [-0.05, 0) is 67.0 Å². The molecule has 6 heteroatoms. The molecule has 0 aliphatic heterocycles. The number of hydrogen-bond donors (Lipinski definition) is 2. The highest BCUT2D eigenvalue weighted by atomic mass is 35.5. The molecule has 0 spiro atoms. The summed E-state index contributed by atoms with van der Waals surface area (Å²) in [7, 11) is 0. The molecule has 0 saturated carbocycles. The van der Waals surface area contributed by atoms with Crippen LogP contribution >= 0.6 is 47.2 Å². The van der Waals surface area contributed by atoms with Crippen LogP contribution in [0.2, 0.25) is 10.0 Å². The molecule has 0 aromatic heterocycles. The van der Waals surface area contributed by atoms with Crippen LogP contribution in [-0.2, 0) is 5.75 Å². The van der Waals surface area contributed by atoms with Gasteiger partial charge in [-0.25, -0.2) is 0 Å². The number of halogens is 2. The van der Waals surface area contributed by atoms with Gasteiger partial charge in [0.25, 0.3) is 0 Å². The average molecular weight is 399 g/mol. The van der Waals surface area contributed by atoms with E-state index >= 15 is 0 Å². The Morgan fingerprint density at radius 2 is 1.79 bits per heavy atom. The maximum atomic E-state index is 6.16. The summed E-state index contributed by atoms with van der Waals surface area (Å²) in [5.74, 6) is 1.79. The molecular weight excluding hydrogens is 379 g/mol. The lowest BCUT2D eigenvalue weighted by atomic mass is 10.1. The summed E-state index contributed by atoms with van der Waals surface area (Å²) < 4.78 is 0. The minimum Gasteiger partial charge on any atom is -0.362 e. The topological polar surface area (TPSA) is 24.1 Å². The molecule has 2 N–H and O–H groups in total. The van der Waals surface area contributed by atoms with Crippen LogP contribution in [0, 0.1) is 13.8 Å². The number of benzene rings is 2. The first-order valence-corrected chi connectivity index (χ1v) is 9.91. The van der Waals surface area contributed by atoms with Crippen LogP contribution in [0.4, 0.5) is 5.69 Å². The quantitative estimate of drug-likeness (QED) is 0.471. The van der Waals surface area contributed by atoms with Crippen molar-refractivity contribution in [1.29, 1.82) is 0 Å². The van der Waals surface area contributed by atoms with Crippen LogP contribution in [-0.4, -0.2) is 17.4 Å². The van der Waals surface area contributed by atoms with E-state index in [0.29, 0.717) is 10.1 Å². The first-order valence-electron chi connectivity index (χ1n) is 7.59. The van der Waals surface area contributed by atoms with E-state index in [1.165, 1.54) is 11.1 Å². The Morgan fingerprint density at radius 3 is 2.46 bits per heavy atom. The van der Waals surface area contributed by atoms with Gasteiger partial charge in [0, 0.05) is 33.8 Å². The van der Waals surface area contributed by atoms with Gasteiger partial charge in [-0.3, -0.25) is 0 Å². The summed E-state index contributed by atoms with van der Waals surface area (Å²) in [5, 5.41) is 8.47. The minimum absolute atomic E-state index is 0.644. The lowest BCUT2D eigenvalue weighted by molar-refractivity contribution is 0.989. The molecule has 2 aromatic rings. The molecule has 0 bridgehead atoms. The van der Waals surface area contributed by atoms with Gasteiger partial charge >= 0.3 is 0 Å². The molecule has 128 valence electrons. The molecule has 2 aromatic carbocycles. The van der Waals surface area contributed by atoms with Crippen molar-refractivity contribution in [3.63, 3.8) is 0 Å². The fourth-order valence-electron chi connectivity index (χ4n) is 2.28. The number of anilines is 1. The van der Waals surface area contributed by atoms with E-state index in [2.05, 4.69) is 42.7 Å². The van der Waals surface area contributed by atoms with Crippen molar-refractivity contribution in [2.24, 2.45) is 0 Å². The molecule has 0 atom stereocenters. The zero-order valence-electron chi connectivity index (χ0n) is 13.7. The van der Waals surface area contributed by atoms with Crippen molar-refractivity contribution in [2.75, 3.05) is 17.6 Å². The van der Waals surface area contributed by atoms with Gasteiger partial charge in [0.2, 0.25) is 0 Å². The normalized spacial score (nSPS) is 10.5. The van der Waals surface area contributed by atoms with Crippen LogP contribution in [0.1, 0.15) is 16.7 Å². The van der Waals surface area contributed by atoms with Crippen molar-refractivity contribution in [3.05, 3.63) is 63.1 Å². The van der Waals surface area contributed by atoms with Crippen molar-refractivity contribution in [1.82, 2.24) is 5.32 Å². The van der Waals surface area contributed by atoms with E-state index in [1.54, 1.807) is 17.8 Å². The molecular formula is C18H20Cl2N2S2. The summed E-state index contributed by atoms with van der Waals surface area (Å²) in [5.41, 5.74) is 4.55. The van der Waals surface area contributed by atoms with Crippen LogP contribution in [0.3, 0.4) is 0 Å². The molecule has 2 rings (SSSR count). The molecule has 24 heavy (non-hydrogen) atoms. The number of nitrogens with one attached hydrogen (secondary N) is 2. The van der Waals surface area contributed by atoms with E-state index in [4.69, 9.17) is 35.4 Å². The molecule has 0 heterocycles. The molecule has 2 nitrogen and oxygen atoms in total. The molecule has 0 radical (unpaired) electrons. The average Bonchev–Trinajstić information content (AvgIpc) is 2.47. The maximum Gasteiger partial charge on any atom is 0.170 e. The summed E-state index contributed by atoms with van der Waals surface area (Å²) in [4.78, 5) is 0. The van der Waals surface area contributed by atoms with Gasteiger partial charge < -0.3 is 10.6 Å². The largest absolute Gasteiger partial charge is 0.362 e. The van der Waals surface area contributed by atoms with Crippen molar-refractivity contribution in [3.8, 4) is 0 Å². The van der Waals surface area contributed by atoms with E-state index in [-0.39, 0.29) is 0 Å². The van der Waals surface area contributed by atoms with Crippen LogP contribution in [0.15, 0.2) is 36.4 Å². The van der Waals surface area contributed by atoms with E-state index in [1.807, 2.05) is 12.1 Å². The molecule has 0 aliphatic rings. The van der Waals surface area contributed by atoms with Gasteiger partial charge in [0.15, 0.2) is 5.11 Å². The number of thiocarbonyl (C=S) groups is 1. The summed E-state index contributed by atoms with van der Waals surface area (Å²) >= 11 is 19.2. The standard InChI is InChI=1S/C18H20Cl2N2S2/c1-12-7-13(2)9-16(8-12)22-18(23)21-5-6-24-11-14-3-4-15(19)10-17(14)20/h3-4,7-10H,5-6,11H2,1-2H3,(H2,21,22,23). The Morgan fingerprint density at radius 1 is 1.08 bits per heavy atom. The summed E-state index contributed by atoms with van der Waals surface area (Å²) in [6.07, 6.45) is 0. The third-order valence-electron chi connectivity index (χ3n) is 3.28. The highest BCUT2D eigenvalue weighted by molar-refractivity contribution is 7.98. The maximum absolute atomic E-state index is 6.16. The molecule has 0 amide bonds. The number of aryl methyl sites for hydroxylation is 2. The van der Waals surface area contributed by atoms with Crippen LogP contribution in [0.5, 0.6) is 0 Å². The van der Waals surface area contributed by atoms with Gasteiger partial charge in [0.05, 0.1) is 0 Å². The van der Waals surface area contributed by atoms with Gasteiger partial charge in [0.1, 0.15) is 0 Å². The SMILES string of the molecule is Cc1cc(C)cc(NC(=S)NCCSCc2ccc(Cl)cc2Cl)c1. The van der Waals surface area contributed by atoms with Crippen molar-refractivity contribution in [2.45, 2.75) is 19.6 Å². The summed E-state index contributed by atoms with van der Waals surface area (Å²) in [6.45, 7) is 4.95. The first-order chi connectivity index (χ1) is 11.4. The highest BCUT2D eigenvalue weighted by Gasteiger charge is 2.02. The number of thioether (sulfide) groups is 1. The third kappa shape index (κ3) is 6.52. The Labute approximate surface area is 163 Å². The van der Waals surface area contributed by atoms with E-state index < -0.39 is 0 Å². The molecule has 0 saturated heterocycles. The fraction of sp³-hybridized carbons (Fsp3) is 0.278. The molecule has 0 fully saturated rings. The lowest BCUT2D eigenvalue weighted by Gasteiger charge is -2.12. The zero-order chi connectivity index (χ0) is 17.5. The monoisotopic (exact) mass is 398 g/mol.